The summed E-state index contributed by atoms with van der Waals surface area (Å²) >= 11 is 0. The number of aromatic nitrogens is 3. The van der Waals surface area contributed by atoms with Gasteiger partial charge in [0.1, 0.15) is 12.4 Å². The van der Waals surface area contributed by atoms with Crippen LogP contribution in [0.3, 0.4) is 0 Å². The Hall–Kier alpha value is -3.94. The first-order chi connectivity index (χ1) is 14.9. The summed E-state index contributed by atoms with van der Waals surface area (Å²) < 4.78 is 8.02. The van der Waals surface area contributed by atoms with Crippen LogP contribution in [0.25, 0.3) is 0 Å². The van der Waals surface area contributed by atoms with Crippen molar-refractivity contribution in [3.05, 3.63) is 104 Å². The van der Waals surface area contributed by atoms with E-state index in [2.05, 4.69) is 10.3 Å². The molecule has 1 aromatic carbocycles. The van der Waals surface area contributed by atoms with Crippen molar-refractivity contribution in [2.45, 2.75) is 19.4 Å². The molecular weight excluding hydrogens is 396 g/mol. The van der Waals surface area contributed by atoms with Gasteiger partial charge in [0.25, 0.3) is 5.56 Å². The fourth-order valence-electron chi connectivity index (χ4n) is 3.85. The highest BCUT2D eigenvalue weighted by molar-refractivity contribution is 5.94. The van der Waals surface area contributed by atoms with Gasteiger partial charge in [0, 0.05) is 32.2 Å². The predicted octanol–water partition coefficient (Wildman–Crippen LogP) is 2.05. The van der Waals surface area contributed by atoms with Crippen molar-refractivity contribution in [2.75, 3.05) is 5.32 Å². The van der Waals surface area contributed by atoms with Crippen LogP contribution in [0.15, 0.2) is 75.7 Å². The molecule has 0 aliphatic carbocycles. The predicted molar refractivity (Wildman–Crippen MR) is 116 cm³/mol. The molecule has 0 saturated heterocycles. The third kappa shape index (κ3) is 3.56. The molecular formula is C23H22N4O4. The molecule has 0 fully saturated rings. The molecule has 1 atom stereocenters. The quantitative estimate of drug-likeness (QED) is 0.652. The normalized spacial score (nSPS) is 15.3. The van der Waals surface area contributed by atoms with Gasteiger partial charge in [-0.15, -0.1) is 0 Å². The van der Waals surface area contributed by atoms with Crippen LogP contribution in [0, 0.1) is 0 Å². The topological polar surface area (TPSA) is 95.2 Å². The van der Waals surface area contributed by atoms with E-state index in [1.54, 1.807) is 38.5 Å². The standard InChI is InChI=1S/C23H22N4O4/c1-14-17(22(29)31-13-15-7-5-4-6-8-15)18(16-9-11-24-12-10-16)19-20(25-14)26(2)23(30)27(3)21(19)28/h4-12,18,25H,13H2,1-3H3. The first-order valence-corrected chi connectivity index (χ1v) is 9.78. The minimum absolute atomic E-state index is 0.109. The molecule has 0 radical (unpaired) electrons. The van der Waals surface area contributed by atoms with E-state index in [4.69, 9.17) is 4.74 Å². The summed E-state index contributed by atoms with van der Waals surface area (Å²) in [6.07, 6.45) is 3.21. The lowest BCUT2D eigenvalue weighted by atomic mass is 9.82. The van der Waals surface area contributed by atoms with Crippen molar-refractivity contribution in [1.29, 1.82) is 0 Å². The molecule has 8 heteroatoms. The Balaban J connectivity index is 1.84. The number of allylic oxidation sites excluding steroid dienone is 1. The van der Waals surface area contributed by atoms with Gasteiger partial charge in [0.15, 0.2) is 0 Å². The number of fused-ring (bicyclic) bond motifs is 1. The zero-order chi connectivity index (χ0) is 22.1. The van der Waals surface area contributed by atoms with Gasteiger partial charge < -0.3 is 10.1 Å². The van der Waals surface area contributed by atoms with E-state index in [1.165, 1.54) is 11.6 Å². The number of nitrogens with one attached hydrogen (secondary N) is 1. The van der Waals surface area contributed by atoms with Crippen LogP contribution in [0.5, 0.6) is 0 Å². The van der Waals surface area contributed by atoms with Crippen molar-refractivity contribution >= 4 is 11.8 Å². The Morgan fingerprint density at radius 1 is 1.06 bits per heavy atom. The number of rotatable bonds is 4. The van der Waals surface area contributed by atoms with Crippen LogP contribution < -0.4 is 16.6 Å². The summed E-state index contributed by atoms with van der Waals surface area (Å²) in [7, 11) is 3.01. The van der Waals surface area contributed by atoms with Gasteiger partial charge in [-0.25, -0.2) is 9.59 Å². The number of nitrogens with zero attached hydrogens (tertiary/aromatic N) is 3. The van der Waals surface area contributed by atoms with Gasteiger partial charge in [-0.1, -0.05) is 30.3 Å². The van der Waals surface area contributed by atoms with Gasteiger partial charge in [-0.2, -0.15) is 0 Å². The Labute approximate surface area is 178 Å². The minimum Gasteiger partial charge on any atom is -0.457 e. The maximum atomic E-state index is 13.2. The van der Waals surface area contributed by atoms with E-state index in [1.807, 2.05) is 30.3 Å². The summed E-state index contributed by atoms with van der Waals surface area (Å²) in [6.45, 7) is 1.84. The second kappa shape index (κ2) is 8.06. The number of esters is 1. The zero-order valence-electron chi connectivity index (χ0n) is 17.5. The van der Waals surface area contributed by atoms with Crippen LogP contribution in [-0.4, -0.2) is 20.1 Å². The molecule has 8 nitrogen and oxygen atoms in total. The van der Waals surface area contributed by atoms with E-state index in [-0.39, 0.29) is 6.61 Å². The summed E-state index contributed by atoms with van der Waals surface area (Å²) in [4.78, 5) is 42.9. The lowest BCUT2D eigenvalue weighted by molar-refractivity contribution is -0.140. The maximum absolute atomic E-state index is 13.2. The highest BCUT2D eigenvalue weighted by Crippen LogP contribution is 2.39. The number of pyridine rings is 1. The molecule has 1 unspecified atom stereocenters. The molecule has 1 aliphatic heterocycles. The Morgan fingerprint density at radius 3 is 2.42 bits per heavy atom. The van der Waals surface area contributed by atoms with Crippen molar-refractivity contribution in [3.63, 3.8) is 0 Å². The van der Waals surface area contributed by atoms with Crippen molar-refractivity contribution in [2.24, 2.45) is 14.1 Å². The molecule has 0 saturated carbocycles. The monoisotopic (exact) mass is 418 g/mol. The summed E-state index contributed by atoms with van der Waals surface area (Å²) in [5.74, 6) is -0.864. The highest BCUT2D eigenvalue weighted by atomic mass is 16.5. The smallest absolute Gasteiger partial charge is 0.337 e. The Bertz CT molecular complexity index is 1290. The lowest BCUT2D eigenvalue weighted by Crippen LogP contribution is -2.43. The number of carbonyl (C=O) groups is 1. The third-order valence-electron chi connectivity index (χ3n) is 5.46. The molecule has 31 heavy (non-hydrogen) atoms. The average Bonchev–Trinajstić information content (AvgIpc) is 2.80. The largest absolute Gasteiger partial charge is 0.457 e. The average molecular weight is 418 g/mol. The van der Waals surface area contributed by atoms with Gasteiger partial charge in [0.05, 0.1) is 17.1 Å². The number of ether oxygens (including phenoxy) is 1. The van der Waals surface area contributed by atoms with E-state index >= 15 is 0 Å². The van der Waals surface area contributed by atoms with E-state index in [0.29, 0.717) is 28.2 Å². The van der Waals surface area contributed by atoms with Crippen molar-refractivity contribution in [1.82, 2.24) is 14.1 Å². The molecule has 158 valence electrons. The molecule has 0 amide bonds. The van der Waals surface area contributed by atoms with E-state index < -0.39 is 23.1 Å². The molecule has 3 aromatic rings. The van der Waals surface area contributed by atoms with Crippen LogP contribution in [0.1, 0.15) is 29.5 Å². The molecule has 3 heterocycles. The molecule has 1 N–H and O–H groups in total. The van der Waals surface area contributed by atoms with Crippen molar-refractivity contribution < 1.29 is 9.53 Å². The van der Waals surface area contributed by atoms with Crippen LogP contribution in [0.2, 0.25) is 0 Å². The minimum atomic E-state index is -0.701. The second-order valence-electron chi connectivity index (χ2n) is 7.41. The van der Waals surface area contributed by atoms with Gasteiger partial charge in [-0.3, -0.25) is 18.9 Å². The zero-order valence-corrected chi connectivity index (χ0v) is 17.5. The summed E-state index contributed by atoms with van der Waals surface area (Å²) in [6, 6.07) is 12.9. The van der Waals surface area contributed by atoms with E-state index in [0.717, 1.165) is 10.1 Å². The van der Waals surface area contributed by atoms with Gasteiger partial charge >= 0.3 is 11.7 Å². The number of anilines is 1. The summed E-state index contributed by atoms with van der Waals surface area (Å²) in [5, 5.41) is 3.08. The SMILES string of the molecule is CC1=C(C(=O)OCc2ccccc2)C(c2ccncc2)c2c(n(C)c(=O)n(C)c2=O)N1. The molecule has 2 aromatic heterocycles. The first-order valence-electron chi connectivity index (χ1n) is 9.78. The number of benzene rings is 1. The molecule has 4 rings (SSSR count). The molecule has 0 bridgehead atoms. The second-order valence-corrected chi connectivity index (χ2v) is 7.41. The lowest BCUT2D eigenvalue weighted by Gasteiger charge is -2.30. The van der Waals surface area contributed by atoms with Gasteiger partial charge in [0.2, 0.25) is 0 Å². The third-order valence-corrected chi connectivity index (χ3v) is 5.46. The van der Waals surface area contributed by atoms with Gasteiger partial charge in [-0.05, 0) is 30.2 Å². The fourth-order valence-corrected chi connectivity index (χ4v) is 3.85. The number of carbonyl (C=O) groups excluding carboxylic acids is 1. The van der Waals surface area contributed by atoms with Crippen LogP contribution in [0.4, 0.5) is 5.82 Å². The Kier molecular flexibility index (Phi) is 5.29. The van der Waals surface area contributed by atoms with Crippen LogP contribution in [-0.2, 0) is 30.2 Å². The number of hydrogen-bond donors (Lipinski definition) is 1. The van der Waals surface area contributed by atoms with Crippen molar-refractivity contribution in [3.8, 4) is 0 Å². The highest BCUT2D eigenvalue weighted by Gasteiger charge is 2.37. The molecule has 0 spiro atoms. The Morgan fingerprint density at radius 2 is 1.74 bits per heavy atom. The molecule has 1 aliphatic rings. The fraction of sp³-hybridized carbons (Fsp3) is 0.217. The first kappa shape index (κ1) is 20.3. The summed E-state index contributed by atoms with van der Waals surface area (Å²) in [5.41, 5.74) is 1.81. The van der Waals surface area contributed by atoms with Crippen LogP contribution >= 0.6 is 0 Å². The van der Waals surface area contributed by atoms with E-state index in [9.17, 15) is 14.4 Å². The number of hydrogen-bond acceptors (Lipinski definition) is 6. The maximum Gasteiger partial charge on any atom is 0.337 e.